The highest BCUT2D eigenvalue weighted by molar-refractivity contribution is 5.29. The molecule has 0 aliphatic carbocycles. The molecule has 0 heterocycles. The predicted octanol–water partition coefficient (Wildman–Crippen LogP) is 3.07. The minimum Gasteiger partial charge on any atom is -0.386 e. The van der Waals surface area contributed by atoms with Gasteiger partial charge in [-0.2, -0.15) is 13.2 Å². The molecule has 15 heavy (non-hydrogen) atoms. The fourth-order valence-corrected chi connectivity index (χ4v) is 1.19. The maximum atomic E-state index is 13.2. The molecule has 0 aliphatic rings. The van der Waals surface area contributed by atoms with Crippen molar-refractivity contribution in [2.24, 2.45) is 0 Å². The first-order valence-electron chi connectivity index (χ1n) is 4.22. The zero-order valence-corrected chi connectivity index (χ0v) is 8.19. The van der Waals surface area contributed by atoms with E-state index in [0.717, 1.165) is 12.1 Å². The molecule has 0 saturated carbocycles. The molecular formula is C10H10F4O. The Labute approximate surface area is 84.3 Å². The average molecular weight is 222 g/mol. The van der Waals surface area contributed by atoms with Crippen LogP contribution in [-0.4, -0.2) is 5.11 Å². The van der Waals surface area contributed by atoms with Gasteiger partial charge < -0.3 is 5.11 Å². The molecule has 1 aromatic rings. The molecule has 0 atom stereocenters. The van der Waals surface area contributed by atoms with Crippen molar-refractivity contribution >= 4 is 0 Å². The molecule has 0 fully saturated rings. The van der Waals surface area contributed by atoms with Crippen molar-refractivity contribution in [1.82, 2.24) is 0 Å². The number of hydrogen-bond acceptors (Lipinski definition) is 1. The lowest BCUT2D eigenvalue weighted by atomic mass is 9.96. The summed E-state index contributed by atoms with van der Waals surface area (Å²) in [6.07, 6.45) is -4.57. The monoisotopic (exact) mass is 222 g/mol. The lowest BCUT2D eigenvalue weighted by molar-refractivity contribution is -0.137. The summed E-state index contributed by atoms with van der Waals surface area (Å²) in [7, 11) is 0. The van der Waals surface area contributed by atoms with Crippen LogP contribution in [0.25, 0.3) is 0 Å². The maximum Gasteiger partial charge on any atom is 0.416 e. The van der Waals surface area contributed by atoms with Crippen LogP contribution in [0.15, 0.2) is 18.2 Å². The number of hydrogen-bond donors (Lipinski definition) is 1. The summed E-state index contributed by atoms with van der Waals surface area (Å²) in [5, 5.41) is 9.44. The smallest absolute Gasteiger partial charge is 0.386 e. The molecule has 0 radical (unpaired) electrons. The van der Waals surface area contributed by atoms with Crippen molar-refractivity contribution < 1.29 is 22.7 Å². The van der Waals surface area contributed by atoms with Gasteiger partial charge in [-0.1, -0.05) is 6.07 Å². The molecule has 5 heteroatoms. The lowest BCUT2D eigenvalue weighted by Crippen LogP contribution is -2.18. The molecule has 0 amide bonds. The summed E-state index contributed by atoms with van der Waals surface area (Å²) in [6, 6.07) is 2.07. The van der Waals surface area contributed by atoms with Gasteiger partial charge in [-0.05, 0) is 26.0 Å². The largest absolute Gasteiger partial charge is 0.416 e. The molecule has 1 aromatic carbocycles. The van der Waals surface area contributed by atoms with Crippen molar-refractivity contribution in [2.45, 2.75) is 25.6 Å². The molecule has 0 aliphatic heterocycles. The van der Waals surface area contributed by atoms with Crippen LogP contribution in [0.1, 0.15) is 25.0 Å². The highest BCUT2D eigenvalue weighted by Crippen LogP contribution is 2.32. The summed E-state index contributed by atoms with van der Waals surface area (Å²) in [5.74, 6) is -1.06. The Balaban J connectivity index is 3.21. The summed E-state index contributed by atoms with van der Waals surface area (Å²) in [4.78, 5) is 0. The standard InChI is InChI=1S/C10H10F4O/c1-9(2,15)7-4-3-6(5-8(7)11)10(12,13)14/h3-5,15H,1-2H3. The van der Waals surface area contributed by atoms with E-state index in [1.165, 1.54) is 13.8 Å². The van der Waals surface area contributed by atoms with E-state index in [9.17, 15) is 22.7 Å². The van der Waals surface area contributed by atoms with Gasteiger partial charge >= 0.3 is 6.18 Å². The first-order chi connectivity index (χ1) is 6.62. The lowest BCUT2D eigenvalue weighted by Gasteiger charge is -2.19. The number of alkyl halides is 3. The molecular weight excluding hydrogens is 212 g/mol. The van der Waals surface area contributed by atoms with E-state index < -0.39 is 23.2 Å². The first-order valence-corrected chi connectivity index (χ1v) is 4.22. The summed E-state index contributed by atoms with van der Waals surface area (Å²) >= 11 is 0. The van der Waals surface area contributed by atoms with Gasteiger partial charge in [0.05, 0.1) is 11.2 Å². The Kier molecular flexibility index (Phi) is 2.78. The normalized spacial score (nSPS) is 13.0. The quantitative estimate of drug-likeness (QED) is 0.724. The minimum absolute atomic E-state index is 0.157. The number of rotatable bonds is 1. The fraction of sp³-hybridized carbons (Fsp3) is 0.400. The van der Waals surface area contributed by atoms with E-state index in [2.05, 4.69) is 0 Å². The van der Waals surface area contributed by atoms with Gasteiger partial charge in [-0.15, -0.1) is 0 Å². The summed E-state index contributed by atoms with van der Waals surface area (Å²) < 4.78 is 49.7. The maximum absolute atomic E-state index is 13.2. The third-order valence-electron chi connectivity index (χ3n) is 1.96. The molecule has 0 aromatic heterocycles. The first kappa shape index (κ1) is 12.0. The molecule has 84 valence electrons. The highest BCUT2D eigenvalue weighted by atomic mass is 19.4. The van der Waals surface area contributed by atoms with E-state index >= 15 is 0 Å². The number of benzene rings is 1. The summed E-state index contributed by atoms with van der Waals surface area (Å²) in [5.41, 5.74) is -2.71. The Hall–Kier alpha value is -1.10. The van der Waals surface area contributed by atoms with Crippen LogP contribution in [0.4, 0.5) is 17.6 Å². The van der Waals surface area contributed by atoms with E-state index in [0.29, 0.717) is 6.07 Å². The van der Waals surface area contributed by atoms with Crippen LogP contribution in [0.2, 0.25) is 0 Å². The molecule has 0 unspecified atom stereocenters. The number of aliphatic hydroxyl groups is 1. The Morgan fingerprint density at radius 1 is 1.13 bits per heavy atom. The van der Waals surface area contributed by atoms with Crippen molar-refractivity contribution in [3.05, 3.63) is 35.1 Å². The second-order valence-corrected chi connectivity index (χ2v) is 3.75. The van der Waals surface area contributed by atoms with Crippen molar-refractivity contribution in [3.63, 3.8) is 0 Å². The van der Waals surface area contributed by atoms with Crippen molar-refractivity contribution in [1.29, 1.82) is 0 Å². The molecule has 1 N–H and O–H groups in total. The van der Waals surface area contributed by atoms with Crippen LogP contribution in [-0.2, 0) is 11.8 Å². The Morgan fingerprint density at radius 3 is 2.00 bits per heavy atom. The van der Waals surface area contributed by atoms with E-state index in [1.54, 1.807) is 0 Å². The van der Waals surface area contributed by atoms with E-state index in [-0.39, 0.29) is 5.56 Å². The van der Waals surface area contributed by atoms with Gasteiger partial charge in [0, 0.05) is 5.56 Å². The van der Waals surface area contributed by atoms with Crippen LogP contribution in [0.3, 0.4) is 0 Å². The molecule has 0 bridgehead atoms. The third kappa shape index (κ3) is 2.68. The van der Waals surface area contributed by atoms with E-state index in [1.807, 2.05) is 0 Å². The van der Waals surface area contributed by atoms with Crippen molar-refractivity contribution in [2.75, 3.05) is 0 Å². The second-order valence-electron chi connectivity index (χ2n) is 3.75. The molecule has 1 rings (SSSR count). The molecule has 0 spiro atoms. The van der Waals surface area contributed by atoms with Crippen LogP contribution >= 0.6 is 0 Å². The van der Waals surface area contributed by atoms with Gasteiger partial charge in [-0.25, -0.2) is 4.39 Å². The fourth-order valence-electron chi connectivity index (χ4n) is 1.19. The van der Waals surface area contributed by atoms with Crippen LogP contribution < -0.4 is 0 Å². The molecule has 0 saturated heterocycles. The van der Waals surface area contributed by atoms with Crippen LogP contribution in [0, 0.1) is 5.82 Å². The van der Waals surface area contributed by atoms with E-state index in [4.69, 9.17) is 0 Å². The zero-order chi connectivity index (χ0) is 11.9. The Morgan fingerprint density at radius 2 is 1.67 bits per heavy atom. The Bertz CT molecular complexity index is 363. The van der Waals surface area contributed by atoms with Crippen LogP contribution in [0.5, 0.6) is 0 Å². The predicted molar refractivity (Wildman–Crippen MR) is 46.6 cm³/mol. The SMILES string of the molecule is CC(C)(O)c1ccc(C(F)(F)F)cc1F. The van der Waals surface area contributed by atoms with Gasteiger partial charge in [0.1, 0.15) is 5.82 Å². The van der Waals surface area contributed by atoms with Gasteiger partial charge in [-0.3, -0.25) is 0 Å². The number of halogens is 4. The zero-order valence-electron chi connectivity index (χ0n) is 8.19. The van der Waals surface area contributed by atoms with Gasteiger partial charge in [0.15, 0.2) is 0 Å². The summed E-state index contributed by atoms with van der Waals surface area (Å²) in [6.45, 7) is 2.61. The average Bonchev–Trinajstić information content (AvgIpc) is 1.99. The second kappa shape index (κ2) is 3.48. The topological polar surface area (TPSA) is 20.2 Å². The van der Waals surface area contributed by atoms with Gasteiger partial charge in [0.2, 0.25) is 0 Å². The minimum atomic E-state index is -4.57. The van der Waals surface area contributed by atoms with Crippen molar-refractivity contribution in [3.8, 4) is 0 Å². The third-order valence-corrected chi connectivity index (χ3v) is 1.96. The van der Waals surface area contributed by atoms with Gasteiger partial charge in [0.25, 0.3) is 0 Å². The molecule has 1 nitrogen and oxygen atoms in total. The highest BCUT2D eigenvalue weighted by Gasteiger charge is 2.32.